The quantitative estimate of drug-likeness (QED) is 0.176. The van der Waals surface area contributed by atoms with Crippen molar-refractivity contribution in [3.05, 3.63) is 20.8 Å². The molecule has 2 nitrogen and oxygen atoms in total. The third kappa shape index (κ3) is 12.3. The van der Waals surface area contributed by atoms with Crippen LogP contribution in [0.5, 0.6) is 0 Å². The van der Waals surface area contributed by atoms with E-state index in [-0.39, 0.29) is 0 Å². The van der Waals surface area contributed by atoms with Crippen molar-refractivity contribution < 1.29 is 0 Å². The van der Waals surface area contributed by atoms with Crippen LogP contribution in [0.25, 0.3) is 0 Å². The second kappa shape index (κ2) is 19.1. The van der Waals surface area contributed by atoms with E-state index in [1.807, 2.05) is 0 Å². The van der Waals surface area contributed by atoms with Crippen molar-refractivity contribution in [1.29, 1.82) is 0 Å². The monoisotopic (exact) mass is 437 g/mol. The van der Waals surface area contributed by atoms with E-state index < -0.39 is 0 Å². The van der Waals surface area contributed by atoms with Gasteiger partial charge in [-0.1, -0.05) is 129 Å². The van der Waals surface area contributed by atoms with Crippen molar-refractivity contribution in [2.75, 3.05) is 0 Å². The highest BCUT2D eigenvalue weighted by Gasteiger charge is 2.14. The standard InChI is InChI=1S/C27H51NOS/c1-4-7-10-13-16-19-22-25-26(23-20-17-14-11-8-5-2)30-28(27(25)29)24-21-18-15-12-9-6-3/h4-24H2,1-3H3. The molecule has 0 radical (unpaired) electrons. The van der Waals surface area contributed by atoms with Gasteiger partial charge in [-0.25, -0.2) is 0 Å². The van der Waals surface area contributed by atoms with Crippen molar-refractivity contribution >= 4 is 11.5 Å². The lowest BCUT2D eigenvalue weighted by molar-refractivity contribution is 0.566. The molecule has 1 heterocycles. The number of aryl methyl sites for hydroxylation is 2. The molecule has 0 saturated heterocycles. The van der Waals surface area contributed by atoms with Crippen molar-refractivity contribution in [2.24, 2.45) is 0 Å². The van der Waals surface area contributed by atoms with E-state index in [9.17, 15) is 4.79 Å². The molecule has 0 bridgehead atoms. The number of hydrogen-bond donors (Lipinski definition) is 0. The molecule has 1 aromatic rings. The van der Waals surface area contributed by atoms with Gasteiger partial charge in [0.15, 0.2) is 0 Å². The van der Waals surface area contributed by atoms with E-state index in [1.165, 1.54) is 120 Å². The molecule has 0 unspecified atom stereocenters. The molecule has 0 fully saturated rings. The molecule has 3 heteroatoms. The van der Waals surface area contributed by atoms with Crippen LogP contribution >= 0.6 is 11.5 Å². The van der Waals surface area contributed by atoms with Crippen LogP contribution in [0.3, 0.4) is 0 Å². The lowest BCUT2D eigenvalue weighted by Gasteiger charge is -2.03. The van der Waals surface area contributed by atoms with Gasteiger partial charge in [0.2, 0.25) is 0 Å². The Hall–Kier alpha value is -0.570. The van der Waals surface area contributed by atoms with Crippen molar-refractivity contribution in [2.45, 2.75) is 156 Å². The molecule has 0 aromatic carbocycles. The Balaban J connectivity index is 2.54. The van der Waals surface area contributed by atoms with Crippen molar-refractivity contribution in [3.8, 4) is 0 Å². The van der Waals surface area contributed by atoms with Crippen LogP contribution < -0.4 is 5.56 Å². The Morgan fingerprint density at radius 3 is 1.53 bits per heavy atom. The predicted molar refractivity (Wildman–Crippen MR) is 136 cm³/mol. The molecular weight excluding hydrogens is 386 g/mol. The fourth-order valence-electron chi connectivity index (χ4n) is 4.27. The largest absolute Gasteiger partial charge is 0.268 e. The van der Waals surface area contributed by atoms with Gasteiger partial charge in [-0.15, -0.1) is 0 Å². The van der Waals surface area contributed by atoms with Gasteiger partial charge in [0.25, 0.3) is 5.56 Å². The van der Waals surface area contributed by atoms with Crippen LogP contribution in [-0.4, -0.2) is 3.96 Å². The molecule has 1 rings (SSSR count). The lowest BCUT2D eigenvalue weighted by Crippen LogP contribution is -2.17. The third-order valence-corrected chi connectivity index (χ3v) is 7.53. The van der Waals surface area contributed by atoms with Gasteiger partial charge in [-0.05, 0) is 32.1 Å². The average molecular weight is 438 g/mol. The van der Waals surface area contributed by atoms with Crippen LogP contribution in [0.15, 0.2) is 4.79 Å². The van der Waals surface area contributed by atoms with E-state index in [4.69, 9.17) is 0 Å². The second-order valence-electron chi connectivity index (χ2n) is 9.20. The first-order chi connectivity index (χ1) is 14.7. The zero-order valence-electron chi connectivity index (χ0n) is 20.6. The average Bonchev–Trinajstić information content (AvgIpc) is 3.04. The maximum atomic E-state index is 13.1. The van der Waals surface area contributed by atoms with Crippen molar-refractivity contribution in [3.63, 3.8) is 0 Å². The maximum absolute atomic E-state index is 13.1. The highest BCUT2D eigenvalue weighted by atomic mass is 32.1. The van der Waals surface area contributed by atoms with Crippen LogP contribution in [0.4, 0.5) is 0 Å². The van der Waals surface area contributed by atoms with E-state index in [1.54, 1.807) is 11.5 Å². The Kier molecular flexibility index (Phi) is 17.5. The summed E-state index contributed by atoms with van der Waals surface area (Å²) in [7, 11) is 0. The minimum absolute atomic E-state index is 0.350. The highest BCUT2D eigenvalue weighted by molar-refractivity contribution is 7.06. The van der Waals surface area contributed by atoms with Gasteiger partial charge in [-0.3, -0.25) is 8.75 Å². The van der Waals surface area contributed by atoms with Gasteiger partial charge in [0.1, 0.15) is 0 Å². The summed E-state index contributed by atoms with van der Waals surface area (Å²) in [6.45, 7) is 7.75. The molecule has 0 saturated carbocycles. The van der Waals surface area contributed by atoms with E-state index in [0.717, 1.165) is 25.8 Å². The van der Waals surface area contributed by atoms with Gasteiger partial charge in [0, 0.05) is 17.0 Å². The normalized spacial score (nSPS) is 11.4. The number of aromatic nitrogens is 1. The predicted octanol–water partition coefficient (Wildman–Crippen LogP) is 9.08. The van der Waals surface area contributed by atoms with Crippen LogP contribution in [-0.2, 0) is 19.4 Å². The first-order valence-corrected chi connectivity index (χ1v) is 14.2. The molecular formula is C27H51NOS. The Bertz CT molecular complexity index is 560. The summed E-state index contributed by atoms with van der Waals surface area (Å²) in [5, 5.41) is 0. The Labute approximate surface area is 192 Å². The van der Waals surface area contributed by atoms with Crippen LogP contribution in [0.2, 0.25) is 0 Å². The molecule has 0 aliphatic rings. The van der Waals surface area contributed by atoms with E-state index in [0.29, 0.717) is 5.56 Å². The van der Waals surface area contributed by atoms with Crippen LogP contribution in [0.1, 0.15) is 147 Å². The fourth-order valence-corrected chi connectivity index (χ4v) is 5.49. The molecule has 0 atom stereocenters. The molecule has 0 N–H and O–H groups in total. The Morgan fingerprint density at radius 1 is 0.567 bits per heavy atom. The summed E-state index contributed by atoms with van der Waals surface area (Å²) >= 11 is 1.80. The zero-order valence-corrected chi connectivity index (χ0v) is 21.4. The summed E-state index contributed by atoms with van der Waals surface area (Å²) in [5.41, 5.74) is 1.53. The fraction of sp³-hybridized carbons (Fsp3) is 0.889. The number of nitrogens with zero attached hydrogens (tertiary/aromatic N) is 1. The minimum atomic E-state index is 0.350. The SMILES string of the molecule is CCCCCCCCc1sn(CCCCCCCC)c(=O)c1CCCCCCCC. The molecule has 0 aliphatic carbocycles. The zero-order chi connectivity index (χ0) is 21.9. The molecule has 0 aliphatic heterocycles. The van der Waals surface area contributed by atoms with Crippen molar-refractivity contribution in [1.82, 2.24) is 3.96 Å². The smallest absolute Gasteiger partial charge is 0.264 e. The van der Waals surface area contributed by atoms with Crippen LogP contribution in [0, 0.1) is 0 Å². The molecule has 176 valence electrons. The summed E-state index contributed by atoms with van der Waals surface area (Å²) in [4.78, 5) is 14.5. The van der Waals surface area contributed by atoms with Gasteiger partial charge in [0.05, 0.1) is 0 Å². The summed E-state index contributed by atoms with van der Waals surface area (Å²) in [6.07, 6.45) is 25.7. The van der Waals surface area contributed by atoms with E-state index >= 15 is 0 Å². The maximum Gasteiger partial charge on any atom is 0.264 e. The molecule has 30 heavy (non-hydrogen) atoms. The third-order valence-electron chi connectivity index (χ3n) is 6.29. The summed E-state index contributed by atoms with van der Waals surface area (Å²) < 4.78 is 2.10. The first kappa shape index (κ1) is 27.5. The first-order valence-electron chi connectivity index (χ1n) is 13.5. The second-order valence-corrected chi connectivity index (χ2v) is 10.3. The lowest BCUT2D eigenvalue weighted by atomic mass is 10.0. The summed E-state index contributed by atoms with van der Waals surface area (Å²) in [6, 6.07) is 0. The summed E-state index contributed by atoms with van der Waals surface area (Å²) in [5.74, 6) is 0. The van der Waals surface area contributed by atoms with Gasteiger partial charge in [-0.2, -0.15) is 0 Å². The molecule has 0 spiro atoms. The number of unbranched alkanes of at least 4 members (excludes halogenated alkanes) is 15. The highest BCUT2D eigenvalue weighted by Crippen LogP contribution is 2.20. The number of hydrogen-bond acceptors (Lipinski definition) is 2. The van der Waals surface area contributed by atoms with E-state index in [2.05, 4.69) is 24.7 Å². The topological polar surface area (TPSA) is 22.0 Å². The number of rotatable bonds is 21. The van der Waals surface area contributed by atoms with Gasteiger partial charge >= 0.3 is 0 Å². The molecule has 0 amide bonds. The molecule has 1 aromatic heterocycles. The van der Waals surface area contributed by atoms with Gasteiger partial charge < -0.3 is 0 Å². The Morgan fingerprint density at radius 2 is 1.00 bits per heavy atom. The minimum Gasteiger partial charge on any atom is -0.268 e.